The lowest BCUT2D eigenvalue weighted by atomic mass is 9.73. The normalized spacial score (nSPS) is 16.8. The first-order chi connectivity index (χ1) is 11.6. The molecule has 0 radical (unpaired) electrons. The minimum atomic E-state index is -0.888. The molecule has 1 amide bonds. The standard InChI is InChI=1S/C19H21NO3S/c1-2-14-8-13-24-16(14)17(21)20-11-9-19(10-12-20,18(22)23)15-6-4-3-5-7-15/h3-8,13H,2,9-12H2,1H3,(H,22,23). The van der Waals surface area contributed by atoms with E-state index in [0.29, 0.717) is 25.9 Å². The Morgan fingerprint density at radius 2 is 1.83 bits per heavy atom. The Balaban J connectivity index is 1.79. The van der Waals surface area contributed by atoms with Crippen LogP contribution >= 0.6 is 11.3 Å². The van der Waals surface area contributed by atoms with Gasteiger partial charge in [0.1, 0.15) is 0 Å². The predicted molar refractivity (Wildman–Crippen MR) is 94.6 cm³/mol. The maximum Gasteiger partial charge on any atom is 0.314 e. The average molecular weight is 343 g/mol. The number of rotatable bonds is 4. The summed E-state index contributed by atoms with van der Waals surface area (Å²) < 4.78 is 0. The quantitative estimate of drug-likeness (QED) is 0.923. The second-order valence-corrected chi connectivity index (χ2v) is 7.09. The van der Waals surface area contributed by atoms with Crippen molar-refractivity contribution >= 4 is 23.2 Å². The number of likely N-dealkylation sites (tertiary alicyclic amines) is 1. The molecule has 0 spiro atoms. The SMILES string of the molecule is CCc1ccsc1C(=O)N1CCC(C(=O)O)(c2ccccc2)CC1. The maximum absolute atomic E-state index is 12.7. The number of hydrogen-bond acceptors (Lipinski definition) is 3. The summed E-state index contributed by atoms with van der Waals surface area (Å²) in [6.45, 7) is 2.99. The van der Waals surface area contributed by atoms with Crippen molar-refractivity contribution in [2.75, 3.05) is 13.1 Å². The number of carbonyl (C=O) groups is 2. The number of piperidine rings is 1. The molecule has 0 aliphatic carbocycles. The summed E-state index contributed by atoms with van der Waals surface area (Å²) in [4.78, 5) is 27.3. The molecule has 2 aromatic rings. The van der Waals surface area contributed by atoms with Gasteiger partial charge in [0.15, 0.2) is 0 Å². The summed E-state index contributed by atoms with van der Waals surface area (Å²) in [5, 5.41) is 11.8. The van der Waals surface area contributed by atoms with Crippen LogP contribution in [0.25, 0.3) is 0 Å². The first kappa shape index (κ1) is 16.7. The minimum absolute atomic E-state index is 0.0360. The number of carboxylic acids is 1. The zero-order chi connectivity index (χ0) is 17.2. The van der Waals surface area contributed by atoms with Crippen LogP contribution < -0.4 is 0 Å². The molecular formula is C19H21NO3S. The number of amides is 1. The van der Waals surface area contributed by atoms with E-state index in [9.17, 15) is 14.7 Å². The van der Waals surface area contributed by atoms with Crippen molar-refractivity contribution in [3.63, 3.8) is 0 Å². The molecule has 1 aromatic heterocycles. The lowest BCUT2D eigenvalue weighted by Crippen LogP contribution is -2.49. The van der Waals surface area contributed by atoms with Crippen molar-refractivity contribution in [2.45, 2.75) is 31.6 Å². The highest BCUT2D eigenvalue weighted by molar-refractivity contribution is 7.12. The van der Waals surface area contributed by atoms with Crippen molar-refractivity contribution in [3.8, 4) is 0 Å². The minimum Gasteiger partial charge on any atom is -0.481 e. The molecule has 0 saturated carbocycles. The summed E-state index contributed by atoms with van der Waals surface area (Å²) in [5.74, 6) is -0.764. The lowest BCUT2D eigenvalue weighted by molar-refractivity contribution is -0.145. The fourth-order valence-corrected chi connectivity index (χ4v) is 4.38. The molecule has 1 aromatic carbocycles. The highest BCUT2D eigenvalue weighted by Gasteiger charge is 2.44. The summed E-state index contributed by atoms with van der Waals surface area (Å²) in [5.41, 5.74) is 1.01. The van der Waals surface area contributed by atoms with Gasteiger partial charge in [0.25, 0.3) is 5.91 Å². The Hall–Kier alpha value is -2.14. The zero-order valence-corrected chi connectivity index (χ0v) is 14.5. The number of thiophene rings is 1. The fraction of sp³-hybridized carbons (Fsp3) is 0.368. The van der Waals surface area contributed by atoms with E-state index in [1.165, 1.54) is 11.3 Å². The van der Waals surface area contributed by atoms with Crippen LogP contribution in [-0.2, 0) is 16.6 Å². The van der Waals surface area contributed by atoms with Crippen molar-refractivity contribution in [1.29, 1.82) is 0 Å². The number of aryl methyl sites for hydroxylation is 1. The van der Waals surface area contributed by atoms with Crippen LogP contribution in [0.5, 0.6) is 0 Å². The molecule has 0 bridgehead atoms. The number of hydrogen-bond donors (Lipinski definition) is 1. The van der Waals surface area contributed by atoms with E-state index in [-0.39, 0.29) is 5.91 Å². The van der Waals surface area contributed by atoms with E-state index in [0.717, 1.165) is 22.4 Å². The van der Waals surface area contributed by atoms with Gasteiger partial charge >= 0.3 is 5.97 Å². The molecule has 1 N–H and O–H groups in total. The Morgan fingerprint density at radius 1 is 1.17 bits per heavy atom. The molecule has 1 fully saturated rings. The third-order valence-electron chi connectivity index (χ3n) is 4.96. The highest BCUT2D eigenvalue weighted by atomic mass is 32.1. The summed E-state index contributed by atoms with van der Waals surface area (Å²) in [6, 6.07) is 11.4. The van der Waals surface area contributed by atoms with Gasteiger partial charge in [-0.05, 0) is 41.8 Å². The number of carboxylic acid groups (broad SMARTS) is 1. The summed E-state index contributed by atoms with van der Waals surface area (Å²) >= 11 is 1.47. The molecule has 4 nitrogen and oxygen atoms in total. The zero-order valence-electron chi connectivity index (χ0n) is 13.7. The van der Waals surface area contributed by atoms with E-state index in [1.54, 1.807) is 4.90 Å². The molecule has 3 rings (SSSR count). The average Bonchev–Trinajstić information content (AvgIpc) is 3.10. The van der Waals surface area contributed by atoms with E-state index in [4.69, 9.17) is 0 Å². The molecule has 1 saturated heterocycles. The van der Waals surface area contributed by atoms with Crippen molar-refractivity contribution < 1.29 is 14.7 Å². The van der Waals surface area contributed by atoms with Crippen LogP contribution in [0.15, 0.2) is 41.8 Å². The largest absolute Gasteiger partial charge is 0.481 e. The molecule has 2 heterocycles. The molecule has 5 heteroatoms. The molecule has 24 heavy (non-hydrogen) atoms. The van der Waals surface area contributed by atoms with Gasteiger partial charge in [-0.15, -0.1) is 11.3 Å². The number of nitrogens with zero attached hydrogens (tertiary/aromatic N) is 1. The van der Waals surface area contributed by atoms with Crippen LogP contribution in [0.1, 0.15) is 40.6 Å². The molecular weight excluding hydrogens is 322 g/mol. The van der Waals surface area contributed by atoms with E-state index in [2.05, 4.69) is 0 Å². The lowest BCUT2D eigenvalue weighted by Gasteiger charge is -2.39. The van der Waals surface area contributed by atoms with E-state index < -0.39 is 11.4 Å². The van der Waals surface area contributed by atoms with Gasteiger partial charge in [0.2, 0.25) is 0 Å². The predicted octanol–water partition coefficient (Wildman–Crippen LogP) is 3.57. The third kappa shape index (κ3) is 2.84. The maximum atomic E-state index is 12.7. The summed E-state index contributed by atoms with van der Waals surface area (Å²) in [7, 11) is 0. The fourth-order valence-electron chi connectivity index (χ4n) is 3.42. The van der Waals surface area contributed by atoms with Crippen LogP contribution in [-0.4, -0.2) is 35.0 Å². The molecule has 1 aliphatic rings. The Morgan fingerprint density at radius 3 is 2.42 bits per heavy atom. The topological polar surface area (TPSA) is 57.6 Å². The van der Waals surface area contributed by atoms with Gasteiger partial charge in [0.05, 0.1) is 10.3 Å². The van der Waals surface area contributed by atoms with Crippen LogP contribution in [0.3, 0.4) is 0 Å². The first-order valence-electron chi connectivity index (χ1n) is 8.23. The van der Waals surface area contributed by atoms with Crippen LogP contribution in [0.4, 0.5) is 0 Å². The van der Waals surface area contributed by atoms with Crippen molar-refractivity contribution in [3.05, 3.63) is 57.8 Å². The van der Waals surface area contributed by atoms with Gasteiger partial charge in [-0.3, -0.25) is 9.59 Å². The number of carbonyl (C=O) groups excluding carboxylic acids is 1. The summed E-state index contributed by atoms with van der Waals surface area (Å²) in [6.07, 6.45) is 1.73. The van der Waals surface area contributed by atoms with E-state index in [1.807, 2.05) is 48.7 Å². The van der Waals surface area contributed by atoms with Gasteiger partial charge in [-0.25, -0.2) is 0 Å². The van der Waals surface area contributed by atoms with Gasteiger partial charge < -0.3 is 10.0 Å². The smallest absolute Gasteiger partial charge is 0.314 e. The van der Waals surface area contributed by atoms with Crippen LogP contribution in [0, 0.1) is 0 Å². The number of aliphatic carboxylic acids is 1. The monoisotopic (exact) mass is 343 g/mol. The Bertz CT molecular complexity index is 730. The second kappa shape index (κ2) is 6.77. The molecule has 0 unspecified atom stereocenters. The Labute approximate surface area is 145 Å². The molecule has 1 aliphatic heterocycles. The number of benzene rings is 1. The third-order valence-corrected chi connectivity index (χ3v) is 5.91. The Kier molecular flexibility index (Phi) is 4.71. The van der Waals surface area contributed by atoms with Gasteiger partial charge in [0, 0.05) is 13.1 Å². The molecule has 126 valence electrons. The highest BCUT2D eigenvalue weighted by Crippen LogP contribution is 2.36. The van der Waals surface area contributed by atoms with Crippen LogP contribution in [0.2, 0.25) is 0 Å². The second-order valence-electron chi connectivity index (χ2n) is 6.17. The van der Waals surface area contributed by atoms with E-state index >= 15 is 0 Å². The first-order valence-corrected chi connectivity index (χ1v) is 9.11. The molecule has 0 atom stereocenters. The van der Waals surface area contributed by atoms with Crippen molar-refractivity contribution in [1.82, 2.24) is 4.90 Å². The van der Waals surface area contributed by atoms with Gasteiger partial charge in [-0.1, -0.05) is 37.3 Å². The van der Waals surface area contributed by atoms with Crippen molar-refractivity contribution in [2.24, 2.45) is 0 Å². The van der Waals surface area contributed by atoms with Gasteiger partial charge in [-0.2, -0.15) is 0 Å².